The topological polar surface area (TPSA) is 180 Å². The Morgan fingerprint density at radius 1 is 0.691 bits per heavy atom. The van der Waals surface area contributed by atoms with Gasteiger partial charge in [-0.05, 0) is 134 Å². The van der Waals surface area contributed by atoms with E-state index < -0.39 is 0 Å². The predicted octanol–water partition coefficient (Wildman–Crippen LogP) is 11.0. The minimum atomic E-state index is -0.269. The number of nitrogens with zero attached hydrogens (tertiary/aromatic N) is 9. The van der Waals surface area contributed by atoms with Crippen molar-refractivity contribution in [3.05, 3.63) is 97.0 Å². The van der Waals surface area contributed by atoms with Gasteiger partial charge in [0.15, 0.2) is 17.5 Å². The van der Waals surface area contributed by atoms with Crippen LogP contribution in [0.2, 0.25) is 0 Å². The van der Waals surface area contributed by atoms with Crippen molar-refractivity contribution in [3.8, 4) is 5.82 Å². The van der Waals surface area contributed by atoms with Crippen molar-refractivity contribution in [2.45, 2.75) is 61.3 Å². The second-order valence-corrected chi connectivity index (χ2v) is 16.2. The molecule has 3 N–H and O–H groups in total. The zero-order chi connectivity index (χ0) is 41.7. The third kappa shape index (κ3) is 21.6. The molecule has 19 heteroatoms. The van der Waals surface area contributed by atoms with Crippen LogP contribution in [-0.4, -0.2) is 56.5 Å². The van der Waals surface area contributed by atoms with Gasteiger partial charge in [0.05, 0.1) is 0 Å². The molecule has 296 valence electrons. The second-order valence-electron chi connectivity index (χ2n) is 12.2. The molecule has 0 fully saturated rings. The average Bonchev–Trinajstić information content (AvgIpc) is 3.60. The van der Waals surface area contributed by atoms with Crippen LogP contribution >= 0.6 is 86.9 Å². The predicted molar refractivity (Wildman–Crippen MR) is 236 cm³/mol. The summed E-state index contributed by atoms with van der Waals surface area (Å²) in [6.07, 6.45) is 0. The van der Waals surface area contributed by atoms with E-state index in [-0.39, 0.29) is 34.8 Å². The lowest BCUT2D eigenvalue weighted by atomic mass is 10.2. The number of nitrogens with two attached hydrogens (primary N) is 1. The first-order chi connectivity index (χ1) is 25.8. The van der Waals surface area contributed by atoms with E-state index in [1.165, 1.54) is 0 Å². The molecule has 0 aliphatic rings. The molecule has 0 spiro atoms. The van der Waals surface area contributed by atoms with Crippen molar-refractivity contribution in [1.82, 2.24) is 40.1 Å². The highest BCUT2D eigenvalue weighted by molar-refractivity contribution is 9.11. The van der Waals surface area contributed by atoms with Crippen LogP contribution in [0.1, 0.15) is 67.1 Å². The highest BCUT2D eigenvalue weighted by Gasteiger charge is 2.12. The van der Waals surface area contributed by atoms with Gasteiger partial charge in [0, 0.05) is 23.7 Å². The van der Waals surface area contributed by atoms with Gasteiger partial charge in [-0.15, -0.1) is 5.10 Å². The molecular formula is C36H43Br4Cl2N11O2. The van der Waals surface area contributed by atoms with Gasteiger partial charge in [-0.25, -0.2) is 24.9 Å². The number of pyridine rings is 4. The van der Waals surface area contributed by atoms with E-state index in [9.17, 15) is 9.59 Å². The Morgan fingerprint density at radius 2 is 1.20 bits per heavy atom. The Bertz CT molecular complexity index is 1950. The molecule has 0 unspecified atom stereocenters. The van der Waals surface area contributed by atoms with Crippen molar-refractivity contribution in [2.75, 3.05) is 11.1 Å². The van der Waals surface area contributed by atoms with Crippen LogP contribution in [-0.2, 0) is 9.59 Å². The van der Waals surface area contributed by atoms with Gasteiger partial charge >= 0.3 is 0 Å². The fourth-order valence-corrected chi connectivity index (χ4v) is 4.56. The summed E-state index contributed by atoms with van der Waals surface area (Å²) in [5.74, 6) is 3.71. The lowest BCUT2D eigenvalue weighted by Gasteiger charge is -2.06. The minimum Gasteiger partial charge on any atom is -0.384 e. The quantitative estimate of drug-likeness (QED) is 0.0905. The van der Waals surface area contributed by atoms with E-state index in [1.807, 2.05) is 102 Å². The summed E-state index contributed by atoms with van der Waals surface area (Å²) in [5.41, 5.74) is 5.32. The maximum absolute atomic E-state index is 11.3. The number of hydrogen-bond donors (Lipinski definition) is 2. The maximum Gasteiger partial charge on any atom is 0.228 e. The smallest absolute Gasteiger partial charge is 0.228 e. The number of aliphatic imine (C=N–C) groups is 1. The summed E-state index contributed by atoms with van der Waals surface area (Å²) >= 11 is 23.9. The van der Waals surface area contributed by atoms with Gasteiger partial charge in [0.2, 0.25) is 11.1 Å². The Hall–Kier alpha value is -3.22. The molecule has 0 saturated carbocycles. The highest BCUT2D eigenvalue weighted by atomic mass is 79.9. The molecule has 0 aliphatic heterocycles. The van der Waals surface area contributed by atoms with Crippen LogP contribution in [0.15, 0.2) is 96.2 Å². The van der Waals surface area contributed by atoms with Crippen molar-refractivity contribution in [1.29, 1.82) is 0 Å². The van der Waals surface area contributed by atoms with Crippen molar-refractivity contribution < 1.29 is 9.59 Å². The number of carbonyl (C=O) groups is 2. The van der Waals surface area contributed by atoms with E-state index in [4.69, 9.17) is 28.9 Å². The molecule has 5 rings (SSSR count). The van der Waals surface area contributed by atoms with Gasteiger partial charge < -0.3 is 11.1 Å². The molecule has 5 aromatic rings. The van der Waals surface area contributed by atoms with Crippen molar-refractivity contribution in [3.63, 3.8) is 0 Å². The summed E-state index contributed by atoms with van der Waals surface area (Å²) < 4.78 is 4.67. The highest BCUT2D eigenvalue weighted by Crippen LogP contribution is 2.17. The number of tetrazole rings is 1. The molecule has 13 nitrogen and oxygen atoms in total. The van der Waals surface area contributed by atoms with Crippen LogP contribution in [0.4, 0.5) is 17.5 Å². The zero-order valence-electron chi connectivity index (χ0n) is 31.4. The van der Waals surface area contributed by atoms with E-state index in [1.54, 1.807) is 30.7 Å². The van der Waals surface area contributed by atoms with E-state index in [2.05, 4.69) is 109 Å². The Balaban J connectivity index is 0.000000355. The summed E-state index contributed by atoms with van der Waals surface area (Å²) in [4.78, 5) is 41.7. The number of carbonyl (C=O) groups excluding carboxylic acids is 2. The first-order valence-electron chi connectivity index (χ1n) is 16.6. The number of nitrogens with one attached hydrogen (secondary N) is 1. The second kappa shape index (κ2) is 26.6. The first-order valence-corrected chi connectivity index (χ1v) is 20.5. The zero-order valence-corrected chi connectivity index (χ0v) is 39.3. The summed E-state index contributed by atoms with van der Waals surface area (Å²) in [6, 6.07) is 22.0. The van der Waals surface area contributed by atoms with Gasteiger partial charge in [0.1, 0.15) is 35.2 Å². The molecule has 55 heavy (non-hydrogen) atoms. The molecule has 0 bridgehead atoms. The maximum atomic E-state index is 11.3. The monoisotopic (exact) mass is 1050 g/mol. The third-order valence-corrected chi connectivity index (χ3v) is 8.73. The van der Waals surface area contributed by atoms with Crippen LogP contribution < -0.4 is 11.1 Å². The van der Waals surface area contributed by atoms with Crippen LogP contribution in [0.3, 0.4) is 0 Å². The largest absolute Gasteiger partial charge is 0.384 e. The van der Waals surface area contributed by atoms with Crippen molar-refractivity contribution >= 4 is 121 Å². The van der Waals surface area contributed by atoms with Gasteiger partial charge in [-0.3, -0.25) is 9.59 Å². The van der Waals surface area contributed by atoms with E-state index in [0.717, 1.165) is 25.5 Å². The number of halogens is 6. The Kier molecular flexibility index (Phi) is 24.1. The number of nitrogen functional groups attached to an aromatic ring is 1. The molecule has 0 atom stereocenters. The summed E-state index contributed by atoms with van der Waals surface area (Å²) in [6.45, 7) is 15.3. The van der Waals surface area contributed by atoms with Gasteiger partial charge in [-0.1, -0.05) is 91.3 Å². The summed E-state index contributed by atoms with van der Waals surface area (Å²) in [5, 5.41) is 14.6. The van der Waals surface area contributed by atoms with E-state index >= 15 is 0 Å². The minimum absolute atomic E-state index is 0.0216. The third-order valence-electron chi connectivity index (χ3n) is 6.01. The van der Waals surface area contributed by atoms with Gasteiger partial charge in [-0.2, -0.15) is 4.68 Å². The molecule has 0 aromatic carbocycles. The SMILES string of the molecule is CC(C)C(=O)Cl.CC(C)C(=O)Nc1cccc(Br)n1.CC(C)C(Cl)=Nc1cccc(Br)n1.CC(C)c1nnnn1-c1cccc(Br)n1.Nc1cccc(Br)n1. The van der Waals surface area contributed by atoms with Crippen LogP contribution in [0.25, 0.3) is 5.82 Å². The lowest BCUT2D eigenvalue weighted by molar-refractivity contribution is -0.119. The fourth-order valence-electron chi connectivity index (χ4n) is 3.10. The van der Waals surface area contributed by atoms with Crippen LogP contribution in [0, 0.1) is 17.8 Å². The number of rotatable bonds is 7. The Labute approximate surface area is 365 Å². The summed E-state index contributed by atoms with van der Waals surface area (Å²) in [7, 11) is 0. The first kappa shape index (κ1) is 49.8. The fraction of sp³-hybridized carbons (Fsp3) is 0.333. The number of hydrogen-bond acceptors (Lipinski definition) is 11. The lowest BCUT2D eigenvalue weighted by Crippen LogP contribution is -2.18. The molecule has 0 saturated heterocycles. The average molecular weight is 1050 g/mol. The normalized spacial score (nSPS) is 10.6. The number of amides is 1. The molecule has 0 radical (unpaired) electrons. The van der Waals surface area contributed by atoms with E-state index in [0.29, 0.717) is 27.2 Å². The van der Waals surface area contributed by atoms with Gasteiger partial charge in [0.25, 0.3) is 0 Å². The molecule has 5 heterocycles. The molecular weight excluding hydrogens is 1010 g/mol. The van der Waals surface area contributed by atoms with Crippen LogP contribution in [0.5, 0.6) is 0 Å². The van der Waals surface area contributed by atoms with Crippen molar-refractivity contribution in [2.24, 2.45) is 22.7 Å². The number of aromatic nitrogens is 8. The standard InChI is InChI=1S/C9H10BrClN2.C9H10BrN5.C9H11BrN2O.C5H5BrN2.C4H7ClO/c1-6(2)9(11)13-8-5-3-4-7(10)12-8;1-6(2)9-12-13-14-15(9)8-5-3-4-7(10)11-8;1-6(2)9(13)12-8-5-3-4-7(10)11-8;6-4-2-1-3-5(7)8-4;1-3(2)4(5)6/h3-6H,1-2H3;3-6H,1-2H3;3-6H,1-2H3,(H,11,12,13);1-3H,(H2,7,8);3H,1-2H3. The number of anilines is 2. The molecule has 1 amide bonds. The Morgan fingerprint density at radius 3 is 1.64 bits per heavy atom. The molecule has 5 aromatic heterocycles. The molecule has 0 aliphatic carbocycles.